The molecule has 0 aromatic heterocycles. The van der Waals surface area contributed by atoms with Crippen LogP contribution >= 0.6 is 11.8 Å². The molecule has 0 N–H and O–H groups in total. The minimum absolute atomic E-state index is 0.0861. The summed E-state index contributed by atoms with van der Waals surface area (Å²) in [5, 5.41) is 0.638. The van der Waals surface area contributed by atoms with Gasteiger partial charge in [0.05, 0.1) is 12.4 Å². The Morgan fingerprint density at radius 2 is 2.33 bits per heavy atom. The lowest BCUT2D eigenvalue weighted by Crippen LogP contribution is -2.46. The Kier molecular flexibility index (Phi) is 3.88. The lowest BCUT2D eigenvalue weighted by molar-refractivity contribution is -0.139. The maximum absolute atomic E-state index is 10.9. The normalized spacial score (nSPS) is 18.8. The van der Waals surface area contributed by atoms with E-state index in [2.05, 4.69) is 11.9 Å². The molecule has 3 nitrogen and oxygen atoms in total. The molecule has 1 aliphatic rings. The van der Waals surface area contributed by atoms with E-state index in [-0.39, 0.29) is 5.97 Å². The Morgan fingerprint density at radius 1 is 1.67 bits per heavy atom. The third kappa shape index (κ3) is 3.03. The number of esters is 1. The molecule has 70 valence electrons. The zero-order chi connectivity index (χ0) is 8.97. The second-order valence-corrected chi connectivity index (χ2v) is 4.25. The zero-order valence-corrected chi connectivity index (χ0v) is 8.39. The Labute approximate surface area is 77.4 Å². The maximum Gasteiger partial charge on any atom is 0.315 e. The minimum atomic E-state index is -0.0861. The van der Waals surface area contributed by atoms with Crippen LogP contribution < -0.4 is 0 Å². The summed E-state index contributed by atoms with van der Waals surface area (Å²) < 4.78 is 4.81. The van der Waals surface area contributed by atoms with E-state index >= 15 is 0 Å². The van der Waals surface area contributed by atoms with Crippen molar-refractivity contribution in [1.82, 2.24) is 4.90 Å². The van der Waals surface area contributed by atoms with E-state index < -0.39 is 0 Å². The van der Waals surface area contributed by atoms with E-state index in [1.165, 1.54) is 0 Å². The highest BCUT2D eigenvalue weighted by Gasteiger charge is 2.24. The Hall–Kier alpha value is -0.220. The quantitative estimate of drug-likeness (QED) is 0.606. The lowest BCUT2D eigenvalue weighted by Gasteiger charge is -2.35. The van der Waals surface area contributed by atoms with Gasteiger partial charge in [-0.15, -0.1) is 11.8 Å². The highest BCUT2D eigenvalue weighted by atomic mass is 32.2. The average Bonchev–Trinajstić information content (AvgIpc) is 1.96. The van der Waals surface area contributed by atoms with Crippen molar-refractivity contribution in [3.05, 3.63) is 0 Å². The first-order valence-electron chi connectivity index (χ1n) is 4.18. The molecular formula is C8H15NO2S. The van der Waals surface area contributed by atoms with Gasteiger partial charge in [0, 0.05) is 18.3 Å². The summed E-state index contributed by atoms with van der Waals surface area (Å²) in [6.07, 6.45) is 0. The third-order valence-corrected chi connectivity index (χ3v) is 2.94. The SMILES string of the molecule is CCOC(=O)CSC1CN(C)C1. The predicted molar refractivity (Wildman–Crippen MR) is 50.4 cm³/mol. The molecule has 0 bridgehead atoms. The van der Waals surface area contributed by atoms with Gasteiger partial charge >= 0.3 is 5.97 Å². The first-order chi connectivity index (χ1) is 5.72. The molecule has 1 heterocycles. The summed E-state index contributed by atoms with van der Waals surface area (Å²) in [5.41, 5.74) is 0. The largest absolute Gasteiger partial charge is 0.465 e. The van der Waals surface area contributed by atoms with Gasteiger partial charge in [0.15, 0.2) is 0 Å². The van der Waals surface area contributed by atoms with Crippen molar-refractivity contribution in [2.24, 2.45) is 0 Å². The monoisotopic (exact) mass is 189 g/mol. The smallest absolute Gasteiger partial charge is 0.315 e. The maximum atomic E-state index is 10.9. The number of likely N-dealkylation sites (tertiary alicyclic amines) is 1. The third-order valence-electron chi connectivity index (χ3n) is 1.77. The molecule has 0 aromatic rings. The second-order valence-electron chi connectivity index (χ2n) is 2.96. The molecule has 0 saturated carbocycles. The summed E-state index contributed by atoms with van der Waals surface area (Å²) in [6.45, 7) is 4.53. The number of hydrogen-bond donors (Lipinski definition) is 0. The molecule has 1 aliphatic heterocycles. The molecule has 1 rings (SSSR count). The van der Waals surface area contributed by atoms with Gasteiger partial charge in [-0.3, -0.25) is 4.79 Å². The van der Waals surface area contributed by atoms with Gasteiger partial charge in [-0.25, -0.2) is 0 Å². The highest BCUT2D eigenvalue weighted by molar-refractivity contribution is 8.00. The van der Waals surface area contributed by atoms with Crippen LogP contribution in [0.5, 0.6) is 0 Å². The first-order valence-corrected chi connectivity index (χ1v) is 5.23. The fraction of sp³-hybridized carbons (Fsp3) is 0.875. The van der Waals surface area contributed by atoms with E-state index in [1.807, 2.05) is 6.92 Å². The zero-order valence-electron chi connectivity index (χ0n) is 7.58. The average molecular weight is 189 g/mol. The van der Waals surface area contributed by atoms with Crippen LogP contribution in [0.2, 0.25) is 0 Å². The van der Waals surface area contributed by atoms with Crippen LogP contribution in [-0.4, -0.2) is 48.6 Å². The Morgan fingerprint density at radius 3 is 2.83 bits per heavy atom. The van der Waals surface area contributed by atoms with Crippen molar-refractivity contribution in [3.63, 3.8) is 0 Å². The molecule has 1 saturated heterocycles. The van der Waals surface area contributed by atoms with E-state index in [9.17, 15) is 4.79 Å². The highest BCUT2D eigenvalue weighted by Crippen LogP contribution is 2.20. The molecule has 1 fully saturated rings. The number of carbonyl (C=O) groups excluding carboxylic acids is 1. The van der Waals surface area contributed by atoms with Crippen molar-refractivity contribution in [2.45, 2.75) is 12.2 Å². The van der Waals surface area contributed by atoms with Gasteiger partial charge < -0.3 is 9.64 Å². The van der Waals surface area contributed by atoms with E-state index in [4.69, 9.17) is 4.74 Å². The van der Waals surface area contributed by atoms with E-state index in [1.54, 1.807) is 11.8 Å². The summed E-state index contributed by atoms with van der Waals surface area (Å²) in [5.74, 6) is 0.420. The molecule has 0 unspecified atom stereocenters. The number of nitrogens with zero attached hydrogens (tertiary/aromatic N) is 1. The molecule has 0 atom stereocenters. The second kappa shape index (κ2) is 4.72. The molecule has 12 heavy (non-hydrogen) atoms. The fourth-order valence-corrected chi connectivity index (χ4v) is 2.31. The van der Waals surface area contributed by atoms with Crippen molar-refractivity contribution >= 4 is 17.7 Å². The fourth-order valence-electron chi connectivity index (χ4n) is 1.14. The van der Waals surface area contributed by atoms with Crippen molar-refractivity contribution in [1.29, 1.82) is 0 Å². The van der Waals surface area contributed by atoms with Crippen LogP contribution in [0.3, 0.4) is 0 Å². The molecule has 4 heteroatoms. The molecule has 0 aliphatic carbocycles. The van der Waals surface area contributed by atoms with Gasteiger partial charge in [-0.1, -0.05) is 0 Å². The Bertz CT molecular complexity index is 157. The Balaban J connectivity index is 1.98. The van der Waals surface area contributed by atoms with Crippen molar-refractivity contribution in [2.75, 3.05) is 32.5 Å². The van der Waals surface area contributed by atoms with Gasteiger partial charge in [0.2, 0.25) is 0 Å². The van der Waals surface area contributed by atoms with Crippen LogP contribution in [0.15, 0.2) is 0 Å². The summed E-state index contributed by atoms with van der Waals surface area (Å²) >= 11 is 1.70. The van der Waals surface area contributed by atoms with Crippen LogP contribution in [0.1, 0.15) is 6.92 Å². The number of thioether (sulfide) groups is 1. The summed E-state index contributed by atoms with van der Waals surface area (Å²) in [7, 11) is 2.08. The van der Waals surface area contributed by atoms with E-state index in [0.717, 1.165) is 13.1 Å². The summed E-state index contributed by atoms with van der Waals surface area (Å²) in [4.78, 5) is 13.2. The van der Waals surface area contributed by atoms with Gasteiger partial charge in [-0.05, 0) is 14.0 Å². The van der Waals surface area contributed by atoms with Crippen LogP contribution in [0.25, 0.3) is 0 Å². The number of ether oxygens (including phenoxy) is 1. The summed E-state index contributed by atoms with van der Waals surface area (Å²) in [6, 6.07) is 0. The first kappa shape index (κ1) is 9.86. The molecule has 0 radical (unpaired) electrons. The van der Waals surface area contributed by atoms with Gasteiger partial charge in [0.25, 0.3) is 0 Å². The lowest BCUT2D eigenvalue weighted by atomic mass is 10.2. The molecule has 0 spiro atoms. The number of rotatable bonds is 4. The van der Waals surface area contributed by atoms with Crippen molar-refractivity contribution < 1.29 is 9.53 Å². The van der Waals surface area contributed by atoms with E-state index in [0.29, 0.717) is 17.6 Å². The molecule has 0 amide bonds. The van der Waals surface area contributed by atoms with Crippen LogP contribution in [-0.2, 0) is 9.53 Å². The standard InChI is InChI=1S/C8H15NO2S/c1-3-11-8(10)6-12-7-4-9(2)5-7/h7H,3-6H2,1-2H3. The number of hydrogen-bond acceptors (Lipinski definition) is 4. The topological polar surface area (TPSA) is 29.5 Å². The molecule has 0 aromatic carbocycles. The minimum Gasteiger partial charge on any atom is -0.465 e. The van der Waals surface area contributed by atoms with Crippen LogP contribution in [0.4, 0.5) is 0 Å². The number of carbonyl (C=O) groups is 1. The van der Waals surface area contributed by atoms with Gasteiger partial charge in [-0.2, -0.15) is 0 Å². The molecular weight excluding hydrogens is 174 g/mol. The van der Waals surface area contributed by atoms with Crippen LogP contribution in [0, 0.1) is 0 Å². The van der Waals surface area contributed by atoms with Gasteiger partial charge in [0.1, 0.15) is 0 Å². The van der Waals surface area contributed by atoms with Crippen molar-refractivity contribution in [3.8, 4) is 0 Å². The predicted octanol–water partition coefficient (Wildman–Crippen LogP) is 0.597.